The van der Waals surface area contributed by atoms with E-state index in [-0.39, 0.29) is 35.8 Å². The molecule has 1 amide bonds. The summed E-state index contributed by atoms with van der Waals surface area (Å²) in [4.78, 5) is 16.4. The summed E-state index contributed by atoms with van der Waals surface area (Å²) in [6.45, 7) is 0.543. The Bertz CT molecular complexity index is 963. The van der Waals surface area contributed by atoms with Gasteiger partial charge in [0.05, 0.1) is 24.1 Å². The van der Waals surface area contributed by atoms with Crippen molar-refractivity contribution in [1.82, 2.24) is 4.90 Å². The average molecular weight is 453 g/mol. The topological polar surface area (TPSA) is 57.7 Å². The molecule has 2 aromatic rings. The largest absolute Gasteiger partial charge is 0.306 e. The number of nitrogens with zero attached hydrogens (tertiary/aromatic N) is 2. The molecule has 2 atom stereocenters. The van der Waals surface area contributed by atoms with Gasteiger partial charge < -0.3 is 4.90 Å². The lowest BCUT2D eigenvalue weighted by Gasteiger charge is -2.43. The van der Waals surface area contributed by atoms with E-state index in [1.807, 2.05) is 29.2 Å². The van der Waals surface area contributed by atoms with Crippen molar-refractivity contribution in [3.05, 3.63) is 64.4 Å². The Kier molecular flexibility index (Phi) is 4.82. The standard InChI is InChI=1S/C19H18BrFN2O3S/c20-14-3-7-16(8-4-14)23-18-12-27(25,26)11-17(18)22(10-19(23)24)9-13-1-5-15(21)6-2-13/h1-8,17-18H,9-12H2/t17-,18-/m0/s1. The molecule has 27 heavy (non-hydrogen) atoms. The number of halogens is 2. The average Bonchev–Trinajstić information content (AvgIpc) is 2.93. The van der Waals surface area contributed by atoms with Crippen LogP contribution in [0.5, 0.6) is 0 Å². The predicted molar refractivity (Wildman–Crippen MR) is 105 cm³/mol. The molecule has 0 spiro atoms. The van der Waals surface area contributed by atoms with Gasteiger partial charge in [-0.2, -0.15) is 0 Å². The number of rotatable bonds is 3. The van der Waals surface area contributed by atoms with Crippen molar-refractivity contribution >= 4 is 37.4 Å². The van der Waals surface area contributed by atoms with Gasteiger partial charge in [-0.15, -0.1) is 0 Å². The normalized spacial score (nSPS) is 24.8. The number of sulfone groups is 1. The van der Waals surface area contributed by atoms with Crippen LogP contribution in [-0.2, 0) is 21.2 Å². The third-order valence-corrected chi connectivity index (χ3v) is 7.33. The van der Waals surface area contributed by atoms with Gasteiger partial charge in [-0.3, -0.25) is 9.69 Å². The number of carbonyl (C=O) groups is 1. The lowest BCUT2D eigenvalue weighted by molar-refractivity contribution is -0.123. The fourth-order valence-corrected chi connectivity index (χ4v) is 6.14. The van der Waals surface area contributed by atoms with Crippen LogP contribution in [0.3, 0.4) is 0 Å². The third-order valence-electron chi connectivity index (χ3n) is 5.10. The van der Waals surface area contributed by atoms with Crippen LogP contribution in [0, 0.1) is 5.82 Å². The molecule has 0 unspecified atom stereocenters. The van der Waals surface area contributed by atoms with Gasteiger partial charge in [-0.1, -0.05) is 28.1 Å². The molecule has 0 aliphatic carbocycles. The van der Waals surface area contributed by atoms with Crippen LogP contribution in [-0.4, -0.2) is 49.4 Å². The summed E-state index contributed by atoms with van der Waals surface area (Å²) in [5.41, 5.74) is 1.56. The fraction of sp³-hybridized carbons (Fsp3) is 0.316. The molecule has 2 aliphatic heterocycles. The van der Waals surface area contributed by atoms with E-state index in [9.17, 15) is 17.6 Å². The fourth-order valence-electron chi connectivity index (χ4n) is 3.89. The third kappa shape index (κ3) is 3.79. The van der Waals surface area contributed by atoms with Crippen LogP contribution in [0.2, 0.25) is 0 Å². The molecule has 8 heteroatoms. The predicted octanol–water partition coefficient (Wildman–Crippen LogP) is 2.60. The van der Waals surface area contributed by atoms with E-state index in [2.05, 4.69) is 15.9 Å². The lowest BCUT2D eigenvalue weighted by Crippen LogP contribution is -2.61. The van der Waals surface area contributed by atoms with Crippen molar-refractivity contribution in [3.63, 3.8) is 0 Å². The van der Waals surface area contributed by atoms with Gasteiger partial charge in [0.2, 0.25) is 5.91 Å². The second kappa shape index (κ2) is 7.00. The number of hydrogen-bond acceptors (Lipinski definition) is 4. The van der Waals surface area contributed by atoms with Crippen LogP contribution >= 0.6 is 15.9 Å². The smallest absolute Gasteiger partial charge is 0.241 e. The maximum atomic E-state index is 13.2. The van der Waals surface area contributed by atoms with Crippen molar-refractivity contribution < 1.29 is 17.6 Å². The summed E-state index contributed by atoms with van der Waals surface area (Å²) in [7, 11) is -3.24. The molecule has 0 aromatic heterocycles. The summed E-state index contributed by atoms with van der Waals surface area (Å²) in [5.74, 6) is -0.465. The van der Waals surface area contributed by atoms with Crippen molar-refractivity contribution in [2.24, 2.45) is 0 Å². The van der Waals surface area contributed by atoms with E-state index < -0.39 is 15.9 Å². The zero-order chi connectivity index (χ0) is 19.2. The van der Waals surface area contributed by atoms with Crippen LogP contribution in [0.15, 0.2) is 53.0 Å². The van der Waals surface area contributed by atoms with E-state index in [1.54, 1.807) is 17.0 Å². The summed E-state index contributed by atoms with van der Waals surface area (Å²) in [5, 5.41) is 0. The van der Waals surface area contributed by atoms with Gasteiger partial charge in [0.25, 0.3) is 0 Å². The summed E-state index contributed by atoms with van der Waals surface area (Å²) in [6, 6.07) is 12.7. The highest BCUT2D eigenvalue weighted by molar-refractivity contribution is 9.10. The van der Waals surface area contributed by atoms with Crippen LogP contribution in [0.25, 0.3) is 0 Å². The number of piperazine rings is 1. The van der Waals surface area contributed by atoms with Crippen molar-refractivity contribution in [2.45, 2.75) is 18.6 Å². The van der Waals surface area contributed by atoms with Gasteiger partial charge in [0.1, 0.15) is 5.82 Å². The van der Waals surface area contributed by atoms with Gasteiger partial charge in [-0.25, -0.2) is 12.8 Å². The quantitative estimate of drug-likeness (QED) is 0.717. The molecule has 4 rings (SSSR count). The maximum absolute atomic E-state index is 13.2. The highest BCUT2D eigenvalue weighted by atomic mass is 79.9. The first kappa shape index (κ1) is 18.6. The Morgan fingerprint density at radius 2 is 1.63 bits per heavy atom. The molecule has 2 aromatic carbocycles. The Balaban J connectivity index is 1.65. The van der Waals surface area contributed by atoms with Crippen LogP contribution in [0.4, 0.5) is 10.1 Å². The second-order valence-corrected chi connectivity index (χ2v) is 10.1. The minimum absolute atomic E-state index is 0.0270. The SMILES string of the molecule is O=C1CN(Cc2ccc(F)cc2)[C@H]2CS(=O)(=O)C[C@@H]2N1c1ccc(Br)cc1. The zero-order valence-corrected chi connectivity index (χ0v) is 16.8. The molecule has 0 saturated carbocycles. The molecule has 0 radical (unpaired) electrons. The molecular formula is C19H18BrFN2O3S. The first-order valence-electron chi connectivity index (χ1n) is 8.59. The number of carbonyl (C=O) groups excluding carboxylic acids is 1. The summed E-state index contributed by atoms with van der Waals surface area (Å²) in [6.07, 6.45) is 0. The minimum Gasteiger partial charge on any atom is -0.306 e. The monoisotopic (exact) mass is 452 g/mol. The van der Waals surface area contributed by atoms with Gasteiger partial charge in [-0.05, 0) is 42.0 Å². The summed E-state index contributed by atoms with van der Waals surface area (Å²) >= 11 is 3.38. The highest BCUT2D eigenvalue weighted by Gasteiger charge is 2.49. The first-order valence-corrected chi connectivity index (χ1v) is 11.2. The van der Waals surface area contributed by atoms with Crippen molar-refractivity contribution in [1.29, 1.82) is 0 Å². The number of fused-ring (bicyclic) bond motifs is 1. The highest BCUT2D eigenvalue weighted by Crippen LogP contribution is 2.33. The molecular weight excluding hydrogens is 435 g/mol. The minimum atomic E-state index is -3.24. The van der Waals surface area contributed by atoms with Gasteiger partial charge in [0, 0.05) is 22.7 Å². The Hall–Kier alpha value is -1.77. The van der Waals surface area contributed by atoms with E-state index in [0.717, 1.165) is 10.0 Å². The number of amides is 1. The second-order valence-electron chi connectivity index (χ2n) is 6.98. The summed E-state index contributed by atoms with van der Waals surface area (Å²) < 4.78 is 38.8. The molecule has 0 N–H and O–H groups in total. The molecule has 0 bridgehead atoms. The van der Waals surface area contributed by atoms with E-state index in [4.69, 9.17) is 0 Å². The van der Waals surface area contributed by atoms with Crippen LogP contribution < -0.4 is 4.90 Å². The first-order chi connectivity index (χ1) is 12.8. The molecule has 2 heterocycles. The molecule has 5 nitrogen and oxygen atoms in total. The molecule has 2 fully saturated rings. The molecule has 2 saturated heterocycles. The zero-order valence-electron chi connectivity index (χ0n) is 14.4. The van der Waals surface area contributed by atoms with Crippen molar-refractivity contribution in [2.75, 3.05) is 23.0 Å². The number of hydrogen-bond donors (Lipinski definition) is 0. The number of anilines is 1. The van der Waals surface area contributed by atoms with Gasteiger partial charge >= 0.3 is 0 Å². The van der Waals surface area contributed by atoms with Crippen molar-refractivity contribution in [3.8, 4) is 0 Å². The number of benzene rings is 2. The van der Waals surface area contributed by atoms with E-state index >= 15 is 0 Å². The van der Waals surface area contributed by atoms with Gasteiger partial charge in [0.15, 0.2) is 9.84 Å². The lowest BCUT2D eigenvalue weighted by atomic mass is 10.0. The Morgan fingerprint density at radius 3 is 2.30 bits per heavy atom. The maximum Gasteiger partial charge on any atom is 0.241 e. The Labute approximate surface area is 165 Å². The molecule has 2 aliphatic rings. The van der Waals surface area contributed by atoms with E-state index in [0.29, 0.717) is 12.2 Å². The Morgan fingerprint density at radius 1 is 1.00 bits per heavy atom. The van der Waals surface area contributed by atoms with Crippen LogP contribution in [0.1, 0.15) is 5.56 Å². The van der Waals surface area contributed by atoms with E-state index in [1.165, 1.54) is 12.1 Å². The molecule has 142 valence electrons.